The van der Waals surface area contributed by atoms with Gasteiger partial charge in [-0.2, -0.15) is 0 Å². The zero-order valence-electron chi connectivity index (χ0n) is 9.90. The summed E-state index contributed by atoms with van der Waals surface area (Å²) in [6.07, 6.45) is 0. The molecule has 1 aromatic carbocycles. The van der Waals surface area contributed by atoms with E-state index in [0.29, 0.717) is 12.4 Å². The van der Waals surface area contributed by atoms with Crippen LogP contribution in [-0.4, -0.2) is 32.3 Å². The number of rotatable bonds is 6. The number of hydrogen-bond donors (Lipinski definition) is 1. The van der Waals surface area contributed by atoms with Crippen molar-refractivity contribution in [3.63, 3.8) is 0 Å². The SMILES string of the molecule is COC[C@@H](C)NC(=O)COc1ccc(Br)cc1. The molecule has 1 aromatic rings. The highest BCUT2D eigenvalue weighted by atomic mass is 79.9. The molecule has 1 atom stereocenters. The fraction of sp³-hybridized carbons (Fsp3) is 0.417. The third-order valence-electron chi connectivity index (χ3n) is 2.01. The number of hydrogen-bond acceptors (Lipinski definition) is 3. The van der Waals surface area contributed by atoms with Gasteiger partial charge in [0.15, 0.2) is 6.61 Å². The van der Waals surface area contributed by atoms with Gasteiger partial charge in [-0.3, -0.25) is 4.79 Å². The number of nitrogens with one attached hydrogen (secondary N) is 1. The molecule has 1 rings (SSSR count). The topological polar surface area (TPSA) is 47.6 Å². The normalized spacial score (nSPS) is 11.9. The number of halogens is 1. The molecule has 0 aliphatic rings. The van der Waals surface area contributed by atoms with E-state index >= 15 is 0 Å². The summed E-state index contributed by atoms with van der Waals surface area (Å²) in [4.78, 5) is 11.5. The van der Waals surface area contributed by atoms with E-state index in [4.69, 9.17) is 9.47 Å². The van der Waals surface area contributed by atoms with Gasteiger partial charge >= 0.3 is 0 Å². The predicted octanol–water partition coefficient (Wildman–Crippen LogP) is 1.98. The van der Waals surface area contributed by atoms with Crippen molar-refractivity contribution in [1.82, 2.24) is 5.32 Å². The van der Waals surface area contributed by atoms with Gasteiger partial charge in [-0.15, -0.1) is 0 Å². The standard InChI is InChI=1S/C12H16BrNO3/c1-9(7-16-2)14-12(15)8-17-11-5-3-10(13)4-6-11/h3-6,9H,7-8H2,1-2H3,(H,14,15)/t9-/m1/s1. The number of amides is 1. The van der Waals surface area contributed by atoms with Crippen molar-refractivity contribution >= 4 is 21.8 Å². The number of methoxy groups -OCH3 is 1. The summed E-state index contributed by atoms with van der Waals surface area (Å²) in [7, 11) is 1.60. The maximum absolute atomic E-state index is 11.5. The third-order valence-corrected chi connectivity index (χ3v) is 2.54. The maximum Gasteiger partial charge on any atom is 0.258 e. The molecule has 5 heteroatoms. The molecule has 1 amide bonds. The van der Waals surface area contributed by atoms with Crippen LogP contribution >= 0.6 is 15.9 Å². The third kappa shape index (κ3) is 5.70. The Hall–Kier alpha value is -1.07. The molecule has 1 N–H and O–H groups in total. The minimum absolute atomic E-state index is 0.00961. The van der Waals surface area contributed by atoms with Gasteiger partial charge in [-0.1, -0.05) is 15.9 Å². The van der Waals surface area contributed by atoms with Gasteiger partial charge in [0.25, 0.3) is 5.91 Å². The van der Waals surface area contributed by atoms with Crippen LogP contribution in [0.15, 0.2) is 28.7 Å². The molecule has 0 radical (unpaired) electrons. The Morgan fingerprint density at radius 1 is 1.41 bits per heavy atom. The molecule has 4 nitrogen and oxygen atoms in total. The van der Waals surface area contributed by atoms with E-state index in [2.05, 4.69) is 21.2 Å². The van der Waals surface area contributed by atoms with E-state index in [1.807, 2.05) is 19.1 Å². The van der Waals surface area contributed by atoms with Crippen molar-refractivity contribution in [2.45, 2.75) is 13.0 Å². The second kappa shape index (κ2) is 7.29. The highest BCUT2D eigenvalue weighted by molar-refractivity contribution is 9.10. The lowest BCUT2D eigenvalue weighted by atomic mass is 10.3. The molecule has 0 aliphatic heterocycles. The van der Waals surface area contributed by atoms with Crippen molar-refractivity contribution in [2.75, 3.05) is 20.3 Å². The Labute approximate surface area is 109 Å². The van der Waals surface area contributed by atoms with Crippen LogP contribution in [-0.2, 0) is 9.53 Å². The van der Waals surface area contributed by atoms with Crippen molar-refractivity contribution in [1.29, 1.82) is 0 Å². The van der Waals surface area contributed by atoms with Gasteiger partial charge in [-0.05, 0) is 31.2 Å². The summed E-state index contributed by atoms with van der Waals surface area (Å²) in [6, 6.07) is 7.31. The van der Waals surface area contributed by atoms with Crippen LogP contribution in [0.1, 0.15) is 6.92 Å². The van der Waals surface area contributed by atoms with Crippen molar-refractivity contribution in [3.05, 3.63) is 28.7 Å². The Morgan fingerprint density at radius 2 is 2.06 bits per heavy atom. The first-order chi connectivity index (χ1) is 8.11. The molecule has 0 heterocycles. The Morgan fingerprint density at radius 3 is 2.65 bits per heavy atom. The minimum Gasteiger partial charge on any atom is -0.484 e. The zero-order valence-corrected chi connectivity index (χ0v) is 11.5. The average molecular weight is 302 g/mol. The fourth-order valence-corrected chi connectivity index (χ4v) is 1.55. The average Bonchev–Trinajstić information content (AvgIpc) is 2.28. The van der Waals surface area contributed by atoms with Gasteiger partial charge in [0.2, 0.25) is 0 Å². The van der Waals surface area contributed by atoms with E-state index in [-0.39, 0.29) is 18.6 Å². The molecule has 0 fully saturated rings. The molecule has 0 bridgehead atoms. The smallest absolute Gasteiger partial charge is 0.258 e. The summed E-state index contributed by atoms with van der Waals surface area (Å²) >= 11 is 3.33. The second-order valence-corrected chi connectivity index (χ2v) is 4.58. The van der Waals surface area contributed by atoms with Gasteiger partial charge in [-0.25, -0.2) is 0 Å². The first-order valence-corrected chi connectivity index (χ1v) is 6.08. The second-order valence-electron chi connectivity index (χ2n) is 3.67. The van der Waals surface area contributed by atoms with E-state index in [9.17, 15) is 4.79 Å². The van der Waals surface area contributed by atoms with Crippen molar-refractivity contribution < 1.29 is 14.3 Å². The first-order valence-electron chi connectivity index (χ1n) is 5.28. The van der Waals surface area contributed by atoms with Gasteiger partial charge < -0.3 is 14.8 Å². The highest BCUT2D eigenvalue weighted by Gasteiger charge is 2.07. The van der Waals surface area contributed by atoms with E-state index in [0.717, 1.165) is 4.47 Å². The fourth-order valence-electron chi connectivity index (χ4n) is 1.29. The number of benzene rings is 1. The summed E-state index contributed by atoms with van der Waals surface area (Å²) in [5.41, 5.74) is 0. The first kappa shape index (κ1) is 14.0. The van der Waals surface area contributed by atoms with Crippen LogP contribution in [0.25, 0.3) is 0 Å². The van der Waals surface area contributed by atoms with Crippen LogP contribution in [0, 0.1) is 0 Å². The molecule has 17 heavy (non-hydrogen) atoms. The van der Waals surface area contributed by atoms with Gasteiger partial charge in [0.1, 0.15) is 5.75 Å². The lowest BCUT2D eigenvalue weighted by Gasteiger charge is -2.13. The molecular formula is C12H16BrNO3. The molecular weight excluding hydrogens is 286 g/mol. The van der Waals surface area contributed by atoms with Crippen LogP contribution in [0.5, 0.6) is 5.75 Å². The summed E-state index contributed by atoms with van der Waals surface area (Å²) in [5, 5.41) is 2.76. The Kier molecular flexibility index (Phi) is 6.00. The number of carbonyl (C=O) groups excluding carboxylic acids is 1. The largest absolute Gasteiger partial charge is 0.484 e. The maximum atomic E-state index is 11.5. The highest BCUT2D eigenvalue weighted by Crippen LogP contribution is 2.15. The molecule has 0 aliphatic carbocycles. The van der Waals surface area contributed by atoms with Crippen LogP contribution in [0.3, 0.4) is 0 Å². The van der Waals surface area contributed by atoms with Crippen LogP contribution in [0.2, 0.25) is 0 Å². The summed E-state index contributed by atoms with van der Waals surface area (Å²) in [5.74, 6) is 0.514. The van der Waals surface area contributed by atoms with Gasteiger partial charge in [0, 0.05) is 17.6 Å². The molecule has 0 aromatic heterocycles. The Bertz CT molecular complexity index is 353. The van der Waals surface area contributed by atoms with E-state index in [1.165, 1.54) is 0 Å². The predicted molar refractivity (Wildman–Crippen MR) is 69.1 cm³/mol. The number of ether oxygens (including phenoxy) is 2. The molecule has 0 saturated heterocycles. The Balaban J connectivity index is 2.30. The number of carbonyl (C=O) groups is 1. The lowest BCUT2D eigenvalue weighted by molar-refractivity contribution is -0.124. The minimum atomic E-state index is -0.155. The lowest BCUT2D eigenvalue weighted by Crippen LogP contribution is -2.38. The van der Waals surface area contributed by atoms with Crippen molar-refractivity contribution in [2.24, 2.45) is 0 Å². The van der Waals surface area contributed by atoms with Crippen molar-refractivity contribution in [3.8, 4) is 5.75 Å². The monoisotopic (exact) mass is 301 g/mol. The van der Waals surface area contributed by atoms with Gasteiger partial charge in [0.05, 0.1) is 6.61 Å². The van der Waals surface area contributed by atoms with Crippen LogP contribution in [0.4, 0.5) is 0 Å². The molecule has 0 saturated carbocycles. The van der Waals surface area contributed by atoms with E-state index < -0.39 is 0 Å². The summed E-state index contributed by atoms with van der Waals surface area (Å²) < 4.78 is 11.2. The molecule has 0 spiro atoms. The van der Waals surface area contributed by atoms with Crippen LogP contribution < -0.4 is 10.1 Å². The quantitative estimate of drug-likeness (QED) is 0.874. The van der Waals surface area contributed by atoms with E-state index in [1.54, 1.807) is 19.2 Å². The molecule has 0 unspecified atom stereocenters. The zero-order chi connectivity index (χ0) is 12.7. The molecule has 94 valence electrons. The summed E-state index contributed by atoms with van der Waals surface area (Å²) in [6.45, 7) is 2.38.